The molecule has 0 atom stereocenters. The van der Waals surface area contributed by atoms with Gasteiger partial charge in [0.05, 0.1) is 19.8 Å². The number of ketones is 1. The van der Waals surface area contributed by atoms with E-state index in [-0.39, 0.29) is 0 Å². The predicted octanol–water partition coefficient (Wildman–Crippen LogP) is 2.34. The van der Waals surface area contributed by atoms with Crippen LogP contribution in [0.3, 0.4) is 0 Å². The molecule has 2 fully saturated rings. The van der Waals surface area contributed by atoms with Crippen LogP contribution in [0.4, 0.5) is 0 Å². The molecule has 2 rings (SSSR count). The van der Waals surface area contributed by atoms with Crippen molar-refractivity contribution in [2.75, 3.05) is 78.7 Å². The van der Waals surface area contributed by atoms with Crippen LogP contribution in [0, 0.1) is 5.92 Å². The van der Waals surface area contributed by atoms with E-state index in [0.29, 0.717) is 24.8 Å². The number of hydrogen-bond acceptors (Lipinski definition) is 6. The molecule has 6 heteroatoms. The Morgan fingerprint density at radius 2 is 1.59 bits per heavy atom. The highest BCUT2D eigenvalue weighted by Gasteiger charge is 2.24. The molecule has 2 heterocycles. The molecule has 0 radical (unpaired) electrons. The second-order valence-electron chi connectivity index (χ2n) is 8.48. The van der Waals surface area contributed by atoms with Gasteiger partial charge in [0.25, 0.3) is 0 Å². The summed E-state index contributed by atoms with van der Waals surface area (Å²) in [6.45, 7) is 22.6. The van der Waals surface area contributed by atoms with Crippen molar-refractivity contribution < 1.29 is 9.53 Å². The SMILES string of the molecule is CC.CCC(=O)CN1CCN(CC2CCN(CCOCCNC(C)C)CC2)CC1. The maximum absolute atomic E-state index is 11.6. The zero-order valence-corrected chi connectivity index (χ0v) is 19.9. The summed E-state index contributed by atoms with van der Waals surface area (Å²) in [4.78, 5) is 19.1. The number of likely N-dealkylation sites (tertiary alicyclic amines) is 1. The average molecular weight is 413 g/mol. The molecule has 0 aromatic carbocycles. The van der Waals surface area contributed by atoms with Crippen LogP contribution in [0.25, 0.3) is 0 Å². The van der Waals surface area contributed by atoms with Crippen molar-refractivity contribution >= 4 is 5.78 Å². The third-order valence-corrected chi connectivity index (χ3v) is 5.83. The minimum atomic E-state index is 0.371. The standard InChI is InChI=1S/C21H42N4O2.C2H6/c1-4-21(26)18-25-12-10-24(11-13-25)17-20-5-8-23(9-6-20)14-16-27-15-7-22-19(2)3;1-2/h19-20,22H,4-18H2,1-3H3;1-2H3. The topological polar surface area (TPSA) is 48.1 Å². The fourth-order valence-electron chi connectivity index (χ4n) is 3.96. The van der Waals surface area contributed by atoms with Gasteiger partial charge in [-0.2, -0.15) is 0 Å². The molecule has 0 aromatic rings. The van der Waals surface area contributed by atoms with Crippen LogP contribution in [0.1, 0.15) is 53.9 Å². The molecule has 0 bridgehead atoms. The average Bonchev–Trinajstić information content (AvgIpc) is 2.74. The van der Waals surface area contributed by atoms with Gasteiger partial charge in [0.15, 0.2) is 0 Å². The third-order valence-electron chi connectivity index (χ3n) is 5.83. The first kappa shape index (κ1) is 26.5. The Bertz CT molecular complexity index is 404. The van der Waals surface area contributed by atoms with Crippen LogP contribution < -0.4 is 5.32 Å². The smallest absolute Gasteiger partial charge is 0.146 e. The number of rotatable bonds is 12. The van der Waals surface area contributed by atoms with Gasteiger partial charge in [-0.15, -0.1) is 0 Å². The molecule has 0 aromatic heterocycles. The Labute approximate surface area is 180 Å². The summed E-state index contributed by atoms with van der Waals surface area (Å²) >= 11 is 0. The molecule has 0 amide bonds. The van der Waals surface area contributed by atoms with E-state index in [2.05, 4.69) is 33.9 Å². The number of carbonyl (C=O) groups is 1. The molecule has 2 aliphatic rings. The maximum Gasteiger partial charge on any atom is 0.146 e. The summed E-state index contributed by atoms with van der Waals surface area (Å²) in [5.41, 5.74) is 0. The van der Waals surface area contributed by atoms with Crippen LogP contribution in [0.2, 0.25) is 0 Å². The van der Waals surface area contributed by atoms with Gasteiger partial charge in [-0.1, -0.05) is 34.6 Å². The van der Waals surface area contributed by atoms with Gasteiger partial charge in [0.1, 0.15) is 5.78 Å². The third kappa shape index (κ3) is 12.0. The Morgan fingerprint density at radius 3 is 2.17 bits per heavy atom. The summed E-state index contributed by atoms with van der Waals surface area (Å²) < 4.78 is 5.74. The van der Waals surface area contributed by atoms with E-state index < -0.39 is 0 Å². The first-order valence-electron chi connectivity index (χ1n) is 12.1. The first-order valence-corrected chi connectivity index (χ1v) is 12.1. The number of carbonyl (C=O) groups excluding carboxylic acids is 1. The molecule has 2 aliphatic heterocycles. The molecule has 0 unspecified atom stereocenters. The minimum absolute atomic E-state index is 0.371. The van der Waals surface area contributed by atoms with Crippen molar-refractivity contribution in [3.63, 3.8) is 0 Å². The van der Waals surface area contributed by atoms with E-state index in [1.807, 2.05) is 20.8 Å². The lowest BCUT2D eigenvalue weighted by atomic mass is 9.96. The summed E-state index contributed by atoms with van der Waals surface area (Å²) in [5, 5.41) is 3.38. The zero-order valence-electron chi connectivity index (χ0n) is 19.9. The molecule has 1 N–H and O–H groups in total. The van der Waals surface area contributed by atoms with Crippen LogP contribution in [-0.4, -0.2) is 105 Å². The summed E-state index contributed by atoms with van der Waals surface area (Å²) in [6, 6.07) is 0.537. The molecule has 0 aliphatic carbocycles. The highest BCUT2D eigenvalue weighted by molar-refractivity contribution is 5.80. The number of nitrogens with zero attached hydrogens (tertiary/aromatic N) is 3. The van der Waals surface area contributed by atoms with Gasteiger partial charge >= 0.3 is 0 Å². The van der Waals surface area contributed by atoms with Crippen LogP contribution in [0.15, 0.2) is 0 Å². The van der Waals surface area contributed by atoms with Crippen molar-refractivity contribution in [3.8, 4) is 0 Å². The number of nitrogens with one attached hydrogen (secondary N) is 1. The molecule has 172 valence electrons. The van der Waals surface area contributed by atoms with Crippen molar-refractivity contribution in [2.24, 2.45) is 5.92 Å². The maximum atomic E-state index is 11.6. The molecule has 0 spiro atoms. The van der Waals surface area contributed by atoms with E-state index in [1.54, 1.807) is 0 Å². The fraction of sp³-hybridized carbons (Fsp3) is 0.957. The van der Waals surface area contributed by atoms with Crippen molar-refractivity contribution in [1.82, 2.24) is 20.0 Å². The molecule has 29 heavy (non-hydrogen) atoms. The molecule has 6 nitrogen and oxygen atoms in total. The van der Waals surface area contributed by atoms with Gasteiger partial charge in [0.2, 0.25) is 0 Å². The van der Waals surface area contributed by atoms with Gasteiger partial charge in [0, 0.05) is 58.3 Å². The normalized spacial score (nSPS) is 19.9. The van der Waals surface area contributed by atoms with Gasteiger partial charge < -0.3 is 19.9 Å². The number of piperidine rings is 1. The Balaban J connectivity index is 0.00000204. The number of hydrogen-bond donors (Lipinski definition) is 1. The van der Waals surface area contributed by atoms with E-state index in [1.165, 1.54) is 32.5 Å². The quantitative estimate of drug-likeness (QED) is 0.497. The monoisotopic (exact) mass is 412 g/mol. The van der Waals surface area contributed by atoms with Gasteiger partial charge in [-0.05, 0) is 31.8 Å². The Morgan fingerprint density at radius 1 is 0.966 bits per heavy atom. The Hall–Kier alpha value is -0.530. The largest absolute Gasteiger partial charge is 0.379 e. The van der Waals surface area contributed by atoms with Crippen LogP contribution in [-0.2, 0) is 9.53 Å². The van der Waals surface area contributed by atoms with Crippen LogP contribution in [0.5, 0.6) is 0 Å². The first-order chi connectivity index (χ1) is 14.1. The van der Waals surface area contributed by atoms with Crippen molar-refractivity contribution in [1.29, 1.82) is 0 Å². The number of ether oxygens (including phenoxy) is 1. The highest BCUT2D eigenvalue weighted by atomic mass is 16.5. The molecule has 0 saturated carbocycles. The lowest BCUT2D eigenvalue weighted by molar-refractivity contribution is -0.120. The van der Waals surface area contributed by atoms with E-state index in [9.17, 15) is 4.79 Å². The van der Waals surface area contributed by atoms with E-state index >= 15 is 0 Å². The number of Topliss-reactive ketones (excluding diaryl/α,β-unsaturated/α-hetero) is 1. The summed E-state index contributed by atoms with van der Waals surface area (Å²) in [6.07, 6.45) is 3.28. The van der Waals surface area contributed by atoms with Crippen molar-refractivity contribution in [3.05, 3.63) is 0 Å². The lowest BCUT2D eigenvalue weighted by Crippen LogP contribution is -2.50. The second kappa shape index (κ2) is 16.2. The summed E-state index contributed by atoms with van der Waals surface area (Å²) in [7, 11) is 0. The lowest BCUT2D eigenvalue weighted by Gasteiger charge is -2.38. The van der Waals surface area contributed by atoms with Gasteiger partial charge in [-0.3, -0.25) is 9.69 Å². The van der Waals surface area contributed by atoms with Crippen molar-refractivity contribution in [2.45, 2.75) is 59.9 Å². The number of piperazine rings is 1. The predicted molar refractivity (Wildman–Crippen MR) is 123 cm³/mol. The summed E-state index contributed by atoms with van der Waals surface area (Å²) in [5.74, 6) is 1.21. The van der Waals surface area contributed by atoms with E-state index in [0.717, 1.165) is 58.4 Å². The highest BCUT2D eigenvalue weighted by Crippen LogP contribution is 2.19. The second-order valence-corrected chi connectivity index (χ2v) is 8.48. The van der Waals surface area contributed by atoms with Crippen LogP contribution >= 0.6 is 0 Å². The molecular weight excluding hydrogens is 364 g/mol. The molecular formula is C23H48N4O2. The zero-order chi connectivity index (χ0) is 21.5. The minimum Gasteiger partial charge on any atom is -0.379 e. The van der Waals surface area contributed by atoms with Gasteiger partial charge in [-0.25, -0.2) is 0 Å². The fourth-order valence-corrected chi connectivity index (χ4v) is 3.96. The Kier molecular flexibility index (Phi) is 14.8. The molecule has 2 saturated heterocycles. The van der Waals surface area contributed by atoms with E-state index in [4.69, 9.17) is 4.74 Å².